The molecule has 0 saturated heterocycles. The lowest BCUT2D eigenvalue weighted by atomic mass is 9.89. The van der Waals surface area contributed by atoms with E-state index in [0.717, 1.165) is 24.3 Å². The number of rotatable bonds is 5. The van der Waals surface area contributed by atoms with Crippen LogP contribution in [0.25, 0.3) is 0 Å². The van der Waals surface area contributed by atoms with Gasteiger partial charge in [-0.1, -0.05) is 31.9 Å². The van der Waals surface area contributed by atoms with Crippen LogP contribution in [0, 0.1) is 11.7 Å². The van der Waals surface area contributed by atoms with E-state index in [4.69, 9.17) is 9.15 Å². The third-order valence-corrected chi connectivity index (χ3v) is 4.11. The molecule has 2 aromatic rings. The number of aromatic nitrogens is 2. The van der Waals surface area contributed by atoms with Gasteiger partial charge in [0, 0.05) is 0 Å². The molecule has 0 bridgehead atoms. The minimum Gasteiger partial charge on any atom is -0.422 e. The van der Waals surface area contributed by atoms with Crippen LogP contribution in [0.5, 0.6) is 0 Å². The number of hydrogen-bond acceptors (Lipinski definition) is 4. The average Bonchev–Trinajstić information content (AvgIpc) is 2.95. The van der Waals surface area contributed by atoms with Crippen LogP contribution >= 0.6 is 0 Å². The predicted molar refractivity (Wildman–Crippen MR) is 79.7 cm³/mol. The third-order valence-electron chi connectivity index (χ3n) is 4.11. The van der Waals surface area contributed by atoms with E-state index in [2.05, 4.69) is 17.1 Å². The van der Waals surface area contributed by atoms with Crippen molar-refractivity contribution in [3.63, 3.8) is 0 Å². The molecule has 0 aliphatic heterocycles. The van der Waals surface area contributed by atoms with Gasteiger partial charge in [0.05, 0.1) is 12.5 Å². The summed E-state index contributed by atoms with van der Waals surface area (Å²) < 4.78 is 24.3. The van der Waals surface area contributed by atoms with E-state index >= 15 is 0 Å². The maximum Gasteiger partial charge on any atom is 0.242 e. The lowest BCUT2D eigenvalue weighted by Crippen LogP contribution is -2.21. The first-order valence-corrected chi connectivity index (χ1v) is 7.86. The fourth-order valence-electron chi connectivity index (χ4n) is 2.91. The van der Waals surface area contributed by atoms with Gasteiger partial charge in [-0.2, -0.15) is 0 Å². The molecule has 0 amide bonds. The van der Waals surface area contributed by atoms with Gasteiger partial charge in [0.2, 0.25) is 11.8 Å². The Bertz CT molecular complexity index is 597. The highest BCUT2D eigenvalue weighted by Gasteiger charge is 2.20. The number of halogens is 1. The van der Waals surface area contributed by atoms with Crippen molar-refractivity contribution in [1.29, 1.82) is 0 Å². The van der Waals surface area contributed by atoms with Crippen LogP contribution in [0.15, 0.2) is 28.7 Å². The molecule has 1 aliphatic carbocycles. The molecule has 0 unspecified atom stereocenters. The van der Waals surface area contributed by atoms with Crippen molar-refractivity contribution in [3.8, 4) is 0 Å². The lowest BCUT2D eigenvalue weighted by molar-refractivity contribution is -0.00489. The Morgan fingerprint density at radius 2 is 1.95 bits per heavy atom. The number of hydrogen-bond donors (Lipinski definition) is 0. The molecule has 1 saturated carbocycles. The Labute approximate surface area is 129 Å². The maximum absolute atomic E-state index is 12.9. The molecule has 4 nitrogen and oxygen atoms in total. The maximum atomic E-state index is 12.9. The Morgan fingerprint density at radius 3 is 2.73 bits per heavy atom. The normalized spacial score (nSPS) is 21.9. The number of nitrogens with zero attached hydrogens (tertiary/aromatic N) is 2. The standard InChI is InChI=1S/C17H21FN2O2/c1-12-3-2-4-15(9-12)21-11-17-20-19-16(22-17)10-13-5-7-14(18)8-6-13/h5-8,12,15H,2-4,9-11H2,1H3/t12-,15+/m1/s1. The van der Waals surface area contributed by atoms with Crippen LogP contribution in [-0.2, 0) is 17.8 Å². The topological polar surface area (TPSA) is 48.2 Å². The van der Waals surface area contributed by atoms with Crippen molar-refractivity contribution in [2.45, 2.75) is 51.7 Å². The lowest BCUT2D eigenvalue weighted by Gasteiger charge is -2.26. The molecular formula is C17H21FN2O2. The highest BCUT2D eigenvalue weighted by molar-refractivity contribution is 5.18. The molecule has 0 spiro atoms. The summed E-state index contributed by atoms with van der Waals surface area (Å²) in [7, 11) is 0. The van der Waals surface area contributed by atoms with Crippen LogP contribution in [-0.4, -0.2) is 16.3 Å². The van der Waals surface area contributed by atoms with Gasteiger partial charge in [0.1, 0.15) is 12.4 Å². The van der Waals surface area contributed by atoms with Gasteiger partial charge in [0.25, 0.3) is 0 Å². The molecule has 118 valence electrons. The summed E-state index contributed by atoms with van der Waals surface area (Å²) >= 11 is 0. The largest absolute Gasteiger partial charge is 0.422 e. The minimum absolute atomic E-state index is 0.245. The first-order chi connectivity index (χ1) is 10.7. The summed E-state index contributed by atoms with van der Waals surface area (Å²) in [6.45, 7) is 2.64. The Kier molecular flexibility index (Phi) is 4.83. The van der Waals surface area contributed by atoms with Gasteiger partial charge < -0.3 is 9.15 Å². The summed E-state index contributed by atoms with van der Waals surface area (Å²) in [6, 6.07) is 6.30. The fourth-order valence-corrected chi connectivity index (χ4v) is 2.91. The zero-order valence-corrected chi connectivity index (χ0v) is 12.8. The molecule has 5 heteroatoms. The first kappa shape index (κ1) is 15.2. The van der Waals surface area contributed by atoms with Crippen molar-refractivity contribution in [1.82, 2.24) is 10.2 Å². The number of benzene rings is 1. The third kappa shape index (κ3) is 4.13. The quantitative estimate of drug-likeness (QED) is 0.840. The van der Waals surface area contributed by atoms with E-state index in [1.807, 2.05) is 0 Å². The average molecular weight is 304 g/mol. The summed E-state index contributed by atoms with van der Waals surface area (Å²) in [5.41, 5.74) is 0.943. The van der Waals surface area contributed by atoms with Gasteiger partial charge in [-0.05, 0) is 36.5 Å². The highest BCUT2D eigenvalue weighted by atomic mass is 19.1. The van der Waals surface area contributed by atoms with Gasteiger partial charge in [-0.15, -0.1) is 10.2 Å². The van der Waals surface area contributed by atoms with Crippen molar-refractivity contribution >= 4 is 0 Å². The Morgan fingerprint density at radius 1 is 1.18 bits per heavy atom. The second-order valence-corrected chi connectivity index (χ2v) is 6.10. The van der Waals surface area contributed by atoms with Crippen LogP contribution < -0.4 is 0 Å². The molecule has 0 radical (unpaired) electrons. The van der Waals surface area contributed by atoms with Crippen LogP contribution in [0.2, 0.25) is 0 Å². The van der Waals surface area contributed by atoms with Crippen molar-refractivity contribution in [2.75, 3.05) is 0 Å². The summed E-state index contributed by atoms with van der Waals surface area (Å²) in [5.74, 6) is 1.53. The minimum atomic E-state index is -0.245. The van der Waals surface area contributed by atoms with E-state index in [1.165, 1.54) is 25.0 Å². The zero-order chi connectivity index (χ0) is 15.4. The Balaban J connectivity index is 1.51. The molecule has 0 N–H and O–H groups in total. The van der Waals surface area contributed by atoms with E-state index in [1.54, 1.807) is 12.1 Å². The van der Waals surface area contributed by atoms with Crippen molar-refractivity contribution in [2.24, 2.45) is 5.92 Å². The second-order valence-electron chi connectivity index (χ2n) is 6.10. The zero-order valence-electron chi connectivity index (χ0n) is 12.8. The van der Waals surface area contributed by atoms with Gasteiger partial charge in [-0.3, -0.25) is 0 Å². The molecule has 3 rings (SSSR count). The van der Waals surface area contributed by atoms with Crippen LogP contribution in [0.4, 0.5) is 4.39 Å². The molecule has 22 heavy (non-hydrogen) atoms. The Hall–Kier alpha value is -1.75. The van der Waals surface area contributed by atoms with E-state index in [0.29, 0.717) is 30.9 Å². The van der Waals surface area contributed by atoms with Crippen molar-refractivity contribution in [3.05, 3.63) is 47.4 Å². The summed E-state index contributed by atoms with van der Waals surface area (Å²) in [5, 5.41) is 8.04. The second kappa shape index (κ2) is 7.01. The van der Waals surface area contributed by atoms with Crippen LogP contribution in [0.1, 0.15) is 50.0 Å². The molecule has 1 aromatic heterocycles. The van der Waals surface area contributed by atoms with E-state index in [9.17, 15) is 4.39 Å². The number of ether oxygens (including phenoxy) is 1. The SMILES string of the molecule is C[C@@H]1CCC[C@H](OCc2nnc(Cc3ccc(F)cc3)o2)C1. The summed E-state index contributed by atoms with van der Waals surface area (Å²) in [4.78, 5) is 0. The summed E-state index contributed by atoms with van der Waals surface area (Å²) in [6.07, 6.45) is 5.55. The van der Waals surface area contributed by atoms with Crippen LogP contribution in [0.3, 0.4) is 0 Å². The monoisotopic (exact) mass is 304 g/mol. The highest BCUT2D eigenvalue weighted by Crippen LogP contribution is 2.26. The fraction of sp³-hybridized carbons (Fsp3) is 0.529. The molecule has 1 aromatic carbocycles. The van der Waals surface area contributed by atoms with Crippen molar-refractivity contribution < 1.29 is 13.5 Å². The molecular weight excluding hydrogens is 283 g/mol. The molecule has 2 atom stereocenters. The predicted octanol–water partition coefficient (Wildman–Crippen LogP) is 3.89. The van der Waals surface area contributed by atoms with Gasteiger partial charge in [0.15, 0.2) is 0 Å². The molecule has 1 fully saturated rings. The van der Waals surface area contributed by atoms with Gasteiger partial charge in [-0.25, -0.2) is 4.39 Å². The molecule has 1 heterocycles. The smallest absolute Gasteiger partial charge is 0.242 e. The van der Waals surface area contributed by atoms with Gasteiger partial charge >= 0.3 is 0 Å². The van der Waals surface area contributed by atoms with E-state index < -0.39 is 0 Å². The van der Waals surface area contributed by atoms with E-state index in [-0.39, 0.29) is 5.82 Å². The molecule has 1 aliphatic rings. The first-order valence-electron chi connectivity index (χ1n) is 7.86.